The van der Waals surface area contributed by atoms with Gasteiger partial charge in [0.25, 0.3) is 0 Å². The number of carbonyl (C=O) groups excluding carboxylic acids is 5. The average molecular weight is 1520 g/mol. The fourth-order valence-corrected chi connectivity index (χ4v) is 11.3. The zero-order chi connectivity index (χ0) is 81.1. The molecule has 10 rings (SSSR count). The van der Waals surface area contributed by atoms with Gasteiger partial charge in [-0.3, -0.25) is 4.79 Å². The summed E-state index contributed by atoms with van der Waals surface area (Å²) in [6.07, 6.45) is 7.17. The maximum atomic E-state index is 12.8. The lowest BCUT2D eigenvalue weighted by atomic mass is 9.65. The highest BCUT2D eigenvalue weighted by Crippen LogP contribution is 2.43. The monoisotopic (exact) mass is 1520 g/mol. The van der Waals surface area contributed by atoms with Gasteiger partial charge in [0.1, 0.15) is 28.7 Å². The highest BCUT2D eigenvalue weighted by atomic mass is 16.6. The van der Waals surface area contributed by atoms with Crippen molar-refractivity contribution < 1.29 is 57.1 Å². The molecule has 2 N–H and O–H groups in total. The van der Waals surface area contributed by atoms with Gasteiger partial charge in [0, 0.05) is 57.2 Å². The molecule has 113 heavy (non-hydrogen) atoms. The second-order valence-corrected chi connectivity index (χ2v) is 31.1. The second kappa shape index (κ2) is 40.2. The summed E-state index contributed by atoms with van der Waals surface area (Å²) in [5.74, 6) is 0.888. The van der Waals surface area contributed by atoms with Crippen LogP contribution in [0.2, 0.25) is 0 Å². The molecular formula is C95H106N6O12. The van der Waals surface area contributed by atoms with E-state index in [1.54, 1.807) is 111 Å². The van der Waals surface area contributed by atoms with Crippen molar-refractivity contribution in [1.82, 2.24) is 0 Å². The summed E-state index contributed by atoms with van der Waals surface area (Å²) in [5.41, 5.74) is 9.18. The summed E-state index contributed by atoms with van der Waals surface area (Å²) in [5, 5.41) is 29.3. The lowest BCUT2D eigenvalue weighted by molar-refractivity contribution is -0.150. The number of ether oxygens (including phenoxy) is 7. The first-order valence-electron chi connectivity index (χ1n) is 38.5. The van der Waals surface area contributed by atoms with Crippen LogP contribution in [-0.4, -0.2) is 56.3 Å². The Kier molecular flexibility index (Phi) is 30.3. The van der Waals surface area contributed by atoms with Crippen LogP contribution in [-0.2, 0) is 42.4 Å². The molecule has 0 atom stereocenters. The van der Waals surface area contributed by atoms with E-state index in [-0.39, 0.29) is 34.2 Å². The predicted octanol–water partition coefficient (Wildman–Crippen LogP) is 24.6. The molecule has 0 aliphatic heterocycles. The van der Waals surface area contributed by atoms with E-state index < -0.39 is 17.4 Å². The highest BCUT2D eigenvalue weighted by molar-refractivity contribution is 6.02. The van der Waals surface area contributed by atoms with Crippen LogP contribution in [0.25, 0.3) is 21.5 Å². The van der Waals surface area contributed by atoms with Gasteiger partial charge in [0.15, 0.2) is 0 Å². The molecule has 0 bridgehead atoms. The Bertz CT molecular complexity index is 4940. The van der Waals surface area contributed by atoms with Crippen molar-refractivity contribution >= 4 is 85.5 Å². The van der Waals surface area contributed by atoms with Crippen molar-refractivity contribution in [2.75, 3.05) is 37.1 Å². The number of anilines is 2. The third-order valence-electron chi connectivity index (χ3n) is 20.4. The molecule has 0 spiro atoms. The zero-order valence-corrected chi connectivity index (χ0v) is 67.3. The molecule has 18 heteroatoms. The molecule has 0 aliphatic carbocycles. The van der Waals surface area contributed by atoms with Crippen LogP contribution >= 0.6 is 0 Å². The number of benzene rings is 10. The molecule has 0 amide bonds. The van der Waals surface area contributed by atoms with Gasteiger partial charge < -0.3 is 43.8 Å². The number of unbranched alkanes of at least 4 members (excludes halogenated alkanes) is 6. The van der Waals surface area contributed by atoms with Crippen LogP contribution in [0.5, 0.6) is 28.7 Å². The van der Waals surface area contributed by atoms with Crippen LogP contribution in [0.1, 0.15) is 172 Å². The van der Waals surface area contributed by atoms with Gasteiger partial charge in [-0.25, -0.2) is 19.2 Å². The van der Waals surface area contributed by atoms with E-state index in [1.165, 1.54) is 5.56 Å². The van der Waals surface area contributed by atoms with Gasteiger partial charge in [0.2, 0.25) is 0 Å². The lowest BCUT2D eigenvalue weighted by Gasteiger charge is -2.39. The average Bonchev–Trinajstić information content (AvgIpc) is 0.806. The highest BCUT2D eigenvalue weighted by Gasteiger charge is 2.41. The Morgan fingerprint density at radius 1 is 0.354 bits per heavy atom. The fourth-order valence-electron chi connectivity index (χ4n) is 11.3. The van der Waals surface area contributed by atoms with E-state index in [4.69, 9.17) is 33.2 Å². The van der Waals surface area contributed by atoms with Crippen molar-refractivity contribution in [2.24, 2.45) is 36.7 Å². The first-order chi connectivity index (χ1) is 54.0. The van der Waals surface area contributed by atoms with Crippen molar-refractivity contribution in [3.63, 3.8) is 0 Å². The topological polar surface area (TPSA) is 223 Å². The van der Waals surface area contributed by atoms with Crippen LogP contribution in [0, 0.1) is 16.2 Å². The van der Waals surface area contributed by atoms with E-state index >= 15 is 0 Å². The lowest BCUT2D eigenvalue weighted by Crippen LogP contribution is -2.40. The predicted molar refractivity (Wildman–Crippen MR) is 450 cm³/mol. The number of rotatable bonds is 35. The van der Waals surface area contributed by atoms with Gasteiger partial charge in [-0.2, -0.15) is 10.2 Å². The van der Waals surface area contributed by atoms with E-state index in [0.29, 0.717) is 96.2 Å². The van der Waals surface area contributed by atoms with Crippen molar-refractivity contribution in [3.05, 3.63) is 271 Å². The van der Waals surface area contributed by atoms with Crippen LogP contribution in [0.3, 0.4) is 0 Å². The molecule has 10 aromatic rings. The summed E-state index contributed by atoms with van der Waals surface area (Å²) in [7, 11) is 0. The van der Waals surface area contributed by atoms with Gasteiger partial charge in [-0.15, -0.1) is 10.2 Å². The number of carbonyl (C=O) groups is 5. The molecule has 18 nitrogen and oxygen atoms in total. The van der Waals surface area contributed by atoms with E-state index in [2.05, 4.69) is 103 Å². The molecule has 0 radical (unpaired) electrons. The Hall–Kier alpha value is -12.1. The third-order valence-corrected chi connectivity index (χ3v) is 20.4. The van der Waals surface area contributed by atoms with Gasteiger partial charge in [0.05, 0.1) is 65.7 Å². The number of azo groups is 2. The summed E-state index contributed by atoms with van der Waals surface area (Å²) in [6.45, 7) is 34.7. The van der Waals surface area contributed by atoms with Crippen LogP contribution < -0.4 is 34.3 Å². The van der Waals surface area contributed by atoms with Crippen LogP contribution in [0.4, 0.5) is 34.1 Å². The molecule has 0 heterocycles. The molecule has 0 fully saturated rings. The van der Waals surface area contributed by atoms with E-state index in [1.807, 2.05) is 132 Å². The minimum absolute atomic E-state index is 0.0248. The van der Waals surface area contributed by atoms with Crippen molar-refractivity contribution in [1.29, 1.82) is 0 Å². The first-order valence-corrected chi connectivity index (χ1v) is 38.5. The van der Waals surface area contributed by atoms with Gasteiger partial charge in [-0.05, 0) is 245 Å². The second-order valence-electron chi connectivity index (χ2n) is 31.1. The number of nitrogens with zero attached hydrogens (tertiary/aromatic N) is 4. The van der Waals surface area contributed by atoms with E-state index in [0.717, 1.165) is 112 Å². The van der Waals surface area contributed by atoms with Gasteiger partial charge in [-0.1, -0.05) is 153 Å². The molecule has 0 saturated carbocycles. The summed E-state index contributed by atoms with van der Waals surface area (Å²) >= 11 is 0. The van der Waals surface area contributed by atoms with Gasteiger partial charge >= 0.3 is 29.8 Å². The molecule has 588 valence electrons. The quantitative estimate of drug-likeness (QED) is 0.0124. The molecule has 0 aromatic heterocycles. The zero-order valence-electron chi connectivity index (χ0n) is 67.3. The molecule has 10 aromatic carbocycles. The Labute approximate surface area is 665 Å². The summed E-state index contributed by atoms with van der Waals surface area (Å²) in [6, 6.07) is 68.2. The van der Waals surface area contributed by atoms with Crippen LogP contribution in [0.15, 0.2) is 263 Å². The molecule has 0 saturated heterocycles. The van der Waals surface area contributed by atoms with E-state index in [9.17, 15) is 24.0 Å². The largest absolute Gasteiger partial charge is 0.494 e. The number of fused-ring (bicyclic) bond motifs is 2. The maximum absolute atomic E-state index is 12.8. The smallest absolute Gasteiger partial charge is 0.343 e. The third kappa shape index (κ3) is 25.0. The molecule has 0 aliphatic rings. The fraction of sp³-hybridized carbons (Fsp3) is 0.316. The number of esters is 5. The minimum Gasteiger partial charge on any atom is -0.494 e. The summed E-state index contributed by atoms with van der Waals surface area (Å²) in [4.78, 5) is 61.3. The van der Waals surface area contributed by atoms with Crippen molar-refractivity contribution in [3.8, 4) is 28.7 Å². The first kappa shape index (κ1) is 85.0. The number of hydrogen-bond donors (Lipinski definition) is 2. The Morgan fingerprint density at radius 3 is 1.07 bits per heavy atom. The normalized spacial score (nSPS) is 11.7. The van der Waals surface area contributed by atoms with Crippen molar-refractivity contribution in [2.45, 2.75) is 153 Å². The number of hydrogen-bond acceptors (Lipinski definition) is 18. The number of nitrogens with one attached hydrogen (secondary N) is 2. The Morgan fingerprint density at radius 2 is 0.699 bits per heavy atom. The molecular weight excluding hydrogens is 1420 g/mol. The Balaban J connectivity index is 0.000000259. The summed E-state index contributed by atoms with van der Waals surface area (Å²) < 4.78 is 38.8. The SMILES string of the molecule is C=C(C)C(=O)OCCCCCCOc1ccc(C(=O)Oc2ccc(CNc3ccc(N=Nc4ccc(C(C)(C)C(C)(C)C)cc4)c4ccccc34)cc2)cc1.C=C(C)C(=O)OCCCCCCOc1ccc(C(=O)Oc2ccc(CNc3ccc(N=Nc4ccc(OC(=O)C(C)(C)C(C)(C)C)cc4)c4ccccc34)cc2)cc1. The standard InChI is InChI=1S/C48H53N3O7.C47H53N3O5/c1-33(2)44(52)56-31-13-9-8-12-30-55-37-24-18-35(19-25-37)45(53)57-38-22-16-34(17-23-38)32-49-42-28-29-43(41-15-11-10-14-40(41)42)51-50-36-20-26-39(27-21-36)58-46(54)48(6,7)47(3,4)5;1-33(2)44(51)54-31-13-9-8-12-30-53-38-26-18-35(19-27-38)45(52)55-39-24-16-34(17-25-39)32-48-42-28-29-43(41-15-11-10-14-40(41)42)50-49-37-22-20-36(21-23-37)47(6,7)46(3,4)5/h10-11,14-29,49H,1,8-9,12-13,30-32H2,2-7H3;10-11,14-29,48H,1,8-9,12-13,30-32H2,2-7H3. The minimum atomic E-state index is -0.655. The maximum Gasteiger partial charge on any atom is 0.343 e. The molecule has 0 unspecified atom stereocenters.